The number of nitrogens with two attached hydrogens (primary N) is 1. The molecule has 2 rings (SSSR count). The average Bonchev–Trinajstić information content (AvgIpc) is 2.80. The van der Waals surface area contributed by atoms with E-state index in [1.54, 1.807) is 25.7 Å². The van der Waals surface area contributed by atoms with Crippen LogP contribution in [0.15, 0.2) is 23.1 Å². The zero-order valence-electron chi connectivity index (χ0n) is 8.70. The average molecular weight is 221 g/mol. The predicted octanol–water partition coefficient (Wildman–Crippen LogP) is 0.173. The summed E-state index contributed by atoms with van der Waals surface area (Å²) >= 11 is 0. The Labute approximate surface area is 91.7 Å². The standard InChI is InChI=1S/C9H11N5O2/c1-15-5-6(10)9-13-8(14-16-9)7-4-11-2-3-12-7/h2-4,6H,5,10H2,1H3. The van der Waals surface area contributed by atoms with Crippen molar-refractivity contribution in [2.45, 2.75) is 6.04 Å². The lowest BCUT2D eigenvalue weighted by Crippen LogP contribution is -2.16. The maximum Gasteiger partial charge on any atom is 0.246 e. The Morgan fingerprint density at radius 2 is 2.38 bits per heavy atom. The SMILES string of the molecule is COCC(N)c1nc(-c2cnccn2)no1. The molecule has 0 spiro atoms. The minimum absolute atomic E-state index is 0.322. The molecular formula is C9H11N5O2. The van der Waals surface area contributed by atoms with E-state index in [0.717, 1.165) is 0 Å². The fraction of sp³-hybridized carbons (Fsp3) is 0.333. The summed E-state index contributed by atoms with van der Waals surface area (Å²) in [4.78, 5) is 12.1. The minimum atomic E-state index is -0.428. The van der Waals surface area contributed by atoms with Gasteiger partial charge in [0.1, 0.15) is 11.7 Å². The second-order valence-electron chi connectivity index (χ2n) is 3.11. The number of methoxy groups -OCH3 is 1. The second-order valence-corrected chi connectivity index (χ2v) is 3.11. The highest BCUT2D eigenvalue weighted by Gasteiger charge is 2.15. The van der Waals surface area contributed by atoms with E-state index in [0.29, 0.717) is 24.0 Å². The number of nitrogens with zero attached hydrogens (tertiary/aromatic N) is 4. The maximum absolute atomic E-state index is 5.74. The van der Waals surface area contributed by atoms with Gasteiger partial charge in [-0.1, -0.05) is 5.16 Å². The van der Waals surface area contributed by atoms with E-state index >= 15 is 0 Å². The molecule has 0 aliphatic carbocycles. The van der Waals surface area contributed by atoms with E-state index in [1.165, 1.54) is 0 Å². The molecule has 0 radical (unpaired) electrons. The third-order valence-electron chi connectivity index (χ3n) is 1.90. The van der Waals surface area contributed by atoms with Crippen molar-refractivity contribution in [3.8, 4) is 11.5 Å². The van der Waals surface area contributed by atoms with Crippen LogP contribution < -0.4 is 5.73 Å². The molecule has 0 fully saturated rings. The lowest BCUT2D eigenvalue weighted by molar-refractivity contribution is 0.166. The van der Waals surface area contributed by atoms with E-state index in [2.05, 4.69) is 20.1 Å². The van der Waals surface area contributed by atoms with Crippen LogP contribution in [0.25, 0.3) is 11.5 Å². The van der Waals surface area contributed by atoms with E-state index < -0.39 is 6.04 Å². The van der Waals surface area contributed by atoms with Gasteiger partial charge in [0.15, 0.2) is 0 Å². The molecule has 2 heterocycles. The van der Waals surface area contributed by atoms with E-state index in [1.807, 2.05) is 0 Å². The second kappa shape index (κ2) is 4.77. The zero-order chi connectivity index (χ0) is 11.4. The molecule has 2 aromatic heterocycles. The van der Waals surface area contributed by atoms with Crippen molar-refractivity contribution in [2.24, 2.45) is 5.73 Å². The highest BCUT2D eigenvalue weighted by molar-refractivity contribution is 5.45. The van der Waals surface area contributed by atoms with Gasteiger partial charge in [0.05, 0.1) is 12.8 Å². The third-order valence-corrected chi connectivity index (χ3v) is 1.90. The van der Waals surface area contributed by atoms with Crippen LogP contribution in [0.2, 0.25) is 0 Å². The number of ether oxygens (including phenoxy) is 1. The summed E-state index contributed by atoms with van der Waals surface area (Å²) in [5.74, 6) is 0.692. The van der Waals surface area contributed by atoms with Gasteiger partial charge in [-0.25, -0.2) is 4.98 Å². The van der Waals surface area contributed by atoms with Crippen molar-refractivity contribution in [2.75, 3.05) is 13.7 Å². The molecule has 1 unspecified atom stereocenters. The highest BCUT2D eigenvalue weighted by atomic mass is 16.5. The first-order chi connectivity index (χ1) is 7.81. The lowest BCUT2D eigenvalue weighted by Gasteiger charge is -2.02. The summed E-state index contributed by atoms with van der Waals surface area (Å²) in [5.41, 5.74) is 6.28. The molecule has 0 bridgehead atoms. The maximum atomic E-state index is 5.74. The molecule has 0 aliphatic rings. The van der Waals surface area contributed by atoms with Gasteiger partial charge in [-0.15, -0.1) is 0 Å². The van der Waals surface area contributed by atoms with Gasteiger partial charge >= 0.3 is 0 Å². The molecule has 84 valence electrons. The third kappa shape index (κ3) is 2.20. The van der Waals surface area contributed by atoms with Crippen LogP contribution in [0.5, 0.6) is 0 Å². The molecule has 7 nitrogen and oxygen atoms in total. The zero-order valence-corrected chi connectivity index (χ0v) is 8.70. The van der Waals surface area contributed by atoms with Gasteiger partial charge in [-0.2, -0.15) is 4.98 Å². The van der Waals surface area contributed by atoms with Crippen LogP contribution in [-0.4, -0.2) is 33.8 Å². The van der Waals surface area contributed by atoms with Crippen molar-refractivity contribution in [3.05, 3.63) is 24.5 Å². The largest absolute Gasteiger partial charge is 0.383 e. The fourth-order valence-corrected chi connectivity index (χ4v) is 1.16. The van der Waals surface area contributed by atoms with E-state index in [4.69, 9.17) is 15.0 Å². The number of hydrogen-bond donors (Lipinski definition) is 1. The van der Waals surface area contributed by atoms with Crippen molar-refractivity contribution in [1.82, 2.24) is 20.1 Å². The first-order valence-electron chi connectivity index (χ1n) is 4.65. The Hall–Kier alpha value is -1.86. The first kappa shape index (κ1) is 10.7. The van der Waals surface area contributed by atoms with Gasteiger partial charge in [0.25, 0.3) is 0 Å². The summed E-state index contributed by atoms with van der Waals surface area (Å²) in [7, 11) is 1.56. The number of aromatic nitrogens is 4. The monoisotopic (exact) mass is 221 g/mol. The highest BCUT2D eigenvalue weighted by Crippen LogP contribution is 2.14. The summed E-state index contributed by atoms with van der Waals surface area (Å²) in [5, 5.41) is 3.77. The normalized spacial score (nSPS) is 12.6. The molecule has 0 saturated heterocycles. The van der Waals surface area contributed by atoms with Crippen LogP contribution in [0.4, 0.5) is 0 Å². The van der Waals surface area contributed by atoms with Gasteiger partial charge in [-0.3, -0.25) is 4.98 Å². The van der Waals surface area contributed by atoms with Gasteiger partial charge in [0, 0.05) is 19.5 Å². The van der Waals surface area contributed by atoms with Crippen LogP contribution in [0.1, 0.15) is 11.9 Å². The summed E-state index contributed by atoms with van der Waals surface area (Å²) in [6.07, 6.45) is 4.68. The topological polar surface area (TPSA) is 100.0 Å². The van der Waals surface area contributed by atoms with Crippen molar-refractivity contribution < 1.29 is 9.26 Å². The lowest BCUT2D eigenvalue weighted by atomic mass is 10.3. The van der Waals surface area contributed by atoms with Crippen molar-refractivity contribution >= 4 is 0 Å². The molecule has 2 aromatic rings. The number of rotatable bonds is 4. The Bertz CT molecular complexity index is 444. The molecule has 0 saturated carbocycles. The Kier molecular flexibility index (Phi) is 3.18. The summed E-state index contributed by atoms with van der Waals surface area (Å²) in [6, 6.07) is -0.428. The van der Waals surface area contributed by atoms with Gasteiger partial charge in [0.2, 0.25) is 11.7 Å². The van der Waals surface area contributed by atoms with E-state index in [-0.39, 0.29) is 0 Å². The minimum Gasteiger partial charge on any atom is -0.383 e. The smallest absolute Gasteiger partial charge is 0.246 e. The summed E-state index contributed by atoms with van der Waals surface area (Å²) in [6.45, 7) is 0.322. The van der Waals surface area contributed by atoms with Crippen molar-refractivity contribution in [1.29, 1.82) is 0 Å². The molecule has 0 aliphatic heterocycles. The molecule has 7 heteroatoms. The summed E-state index contributed by atoms with van der Waals surface area (Å²) < 4.78 is 9.89. The van der Waals surface area contributed by atoms with Crippen LogP contribution in [0, 0.1) is 0 Å². The first-order valence-corrected chi connectivity index (χ1v) is 4.65. The molecule has 0 amide bonds. The Morgan fingerprint density at radius 1 is 1.50 bits per heavy atom. The van der Waals surface area contributed by atoms with E-state index in [9.17, 15) is 0 Å². The predicted molar refractivity (Wildman–Crippen MR) is 54.1 cm³/mol. The Balaban J connectivity index is 2.20. The fourth-order valence-electron chi connectivity index (χ4n) is 1.16. The molecule has 2 N–H and O–H groups in total. The quantitative estimate of drug-likeness (QED) is 0.785. The molecule has 1 atom stereocenters. The van der Waals surface area contributed by atoms with Gasteiger partial charge in [-0.05, 0) is 0 Å². The van der Waals surface area contributed by atoms with Crippen LogP contribution in [-0.2, 0) is 4.74 Å². The van der Waals surface area contributed by atoms with Crippen LogP contribution >= 0.6 is 0 Å². The van der Waals surface area contributed by atoms with Crippen LogP contribution in [0.3, 0.4) is 0 Å². The Morgan fingerprint density at radius 3 is 3.06 bits per heavy atom. The molecular weight excluding hydrogens is 210 g/mol. The van der Waals surface area contributed by atoms with Crippen molar-refractivity contribution in [3.63, 3.8) is 0 Å². The van der Waals surface area contributed by atoms with Gasteiger partial charge < -0.3 is 15.0 Å². The molecule has 16 heavy (non-hydrogen) atoms. The number of hydrogen-bond acceptors (Lipinski definition) is 7. The molecule has 0 aromatic carbocycles.